The quantitative estimate of drug-likeness (QED) is 0.163. The molecule has 0 atom stereocenters. The predicted octanol–water partition coefficient (Wildman–Crippen LogP) is 19.1. The second-order valence-electron chi connectivity index (χ2n) is 31.9. The molecule has 1 fully saturated rings. The van der Waals surface area contributed by atoms with Crippen LogP contribution in [0.15, 0.2) is 97.1 Å². The number of thiophene rings is 1. The SMILES string of the molecule is CC(C)(C)c1cc2c3c(c1)N(c1ccc4c(c1)C(C)(C)CCC4(C)C)c1c(sc4cc5c(cc14)C1(C)CCC5(C)CC1)B3c1cc3c(cc1N2c1ccc2c(c1-c1ccccc1)C(C)(C)CCC2(C)C)C(C)(C)CCC3(C)C. The number of nitrogens with zero attached hydrogens (tertiary/aromatic N) is 2. The summed E-state index contributed by atoms with van der Waals surface area (Å²) >= 11 is 2.13. The van der Waals surface area contributed by atoms with Gasteiger partial charge in [0.25, 0.3) is 6.71 Å². The van der Waals surface area contributed by atoms with E-state index in [2.05, 4.69) is 236 Å². The Bertz CT molecular complexity index is 3730. The first-order valence-corrected chi connectivity index (χ1v) is 31.2. The Hall–Kier alpha value is -5.06. The van der Waals surface area contributed by atoms with Gasteiger partial charge in [-0.1, -0.05) is 166 Å². The third kappa shape index (κ3) is 7.05. The third-order valence-corrected chi connectivity index (χ3v) is 24.0. The molecule has 0 radical (unpaired) electrons. The summed E-state index contributed by atoms with van der Waals surface area (Å²) in [5.74, 6) is 0. The van der Waals surface area contributed by atoms with Crippen LogP contribution in [0, 0.1) is 0 Å². The van der Waals surface area contributed by atoms with Crippen molar-refractivity contribution in [1.29, 1.82) is 0 Å². The maximum atomic E-state index is 2.84. The Morgan fingerprint density at radius 2 is 0.949 bits per heavy atom. The van der Waals surface area contributed by atoms with E-state index < -0.39 is 0 Å². The van der Waals surface area contributed by atoms with Crippen LogP contribution in [0.5, 0.6) is 0 Å². The minimum atomic E-state index is -0.133. The van der Waals surface area contributed by atoms with E-state index in [0.717, 1.165) is 6.42 Å². The number of benzene rings is 6. The first kappa shape index (κ1) is 51.1. The molecule has 2 nitrogen and oxygen atoms in total. The van der Waals surface area contributed by atoms with Gasteiger partial charge in [0, 0.05) is 43.2 Å². The van der Waals surface area contributed by atoms with Crippen LogP contribution < -0.4 is 25.5 Å². The topological polar surface area (TPSA) is 6.48 Å². The highest BCUT2D eigenvalue weighted by Gasteiger charge is 2.52. The zero-order valence-electron chi connectivity index (χ0n) is 50.7. The molecular formula is C74H87BN2S. The summed E-state index contributed by atoms with van der Waals surface area (Å²) in [6.07, 6.45) is 12.2. The normalized spacial score (nSPS) is 24.9. The zero-order valence-corrected chi connectivity index (χ0v) is 51.5. The lowest BCUT2D eigenvalue weighted by Crippen LogP contribution is -2.61. The molecule has 0 saturated heterocycles. The molecular weight excluding hydrogens is 960 g/mol. The van der Waals surface area contributed by atoms with Gasteiger partial charge in [0.05, 0.1) is 11.4 Å². The van der Waals surface area contributed by atoms with Crippen molar-refractivity contribution in [2.45, 2.75) is 231 Å². The van der Waals surface area contributed by atoms with Crippen molar-refractivity contribution in [2.75, 3.05) is 9.80 Å². The van der Waals surface area contributed by atoms with Gasteiger partial charge in [-0.15, -0.1) is 11.3 Å². The third-order valence-electron chi connectivity index (χ3n) is 22.8. The summed E-state index contributed by atoms with van der Waals surface area (Å²) in [5.41, 5.74) is 28.1. The van der Waals surface area contributed by atoms with Gasteiger partial charge < -0.3 is 9.80 Å². The Kier molecular flexibility index (Phi) is 10.4. The van der Waals surface area contributed by atoms with Gasteiger partial charge in [-0.05, 0) is 228 Å². The Balaban J connectivity index is 1.16. The second-order valence-corrected chi connectivity index (χ2v) is 32.9. The number of hydrogen-bond donors (Lipinski definition) is 0. The predicted molar refractivity (Wildman–Crippen MR) is 339 cm³/mol. The molecule has 3 heterocycles. The van der Waals surface area contributed by atoms with Crippen LogP contribution in [-0.2, 0) is 48.7 Å². The standard InChI is InChI=1S/C74H87BN2S/c1-66(2,3)45-37-58-63-59(38-45)77(56-26-25-49-62(61(56)44-21-19-18-20-22-44)72(14,15)32-31-68(49,6)7)57-42-52-51(70(10,11)29-30-71(52,12)13)41-55(57)75(63)65-64(76(58)46-23-24-48-50(39-46)69(8,9)28-27-67(48,4)5)47-40-53-54(43-60(47)78-65)74(17)35-33-73(53,16)34-36-74/h18-26,37-43H,27-36H2,1-17H3. The highest BCUT2D eigenvalue weighted by molar-refractivity contribution is 7.33. The molecule has 0 spiro atoms. The molecule has 6 aromatic carbocycles. The van der Waals surface area contributed by atoms with E-state index in [1.807, 2.05) is 0 Å². The Morgan fingerprint density at radius 1 is 0.436 bits per heavy atom. The van der Waals surface area contributed by atoms with Crippen molar-refractivity contribution >= 4 is 78.0 Å². The van der Waals surface area contributed by atoms with E-state index in [-0.39, 0.29) is 55.4 Å². The van der Waals surface area contributed by atoms with Crippen molar-refractivity contribution in [3.63, 3.8) is 0 Å². The van der Waals surface area contributed by atoms with E-state index in [4.69, 9.17) is 0 Å². The molecule has 0 amide bonds. The molecule has 4 heteroatoms. The summed E-state index contributed by atoms with van der Waals surface area (Å²) in [6, 6.07) is 40.8. The number of fused-ring (bicyclic) bond motifs is 11. The number of hydrogen-bond acceptors (Lipinski definition) is 3. The van der Waals surface area contributed by atoms with Crippen molar-refractivity contribution in [2.24, 2.45) is 0 Å². The molecule has 15 rings (SSSR count). The molecule has 1 aromatic heterocycles. The number of rotatable bonds is 3. The minimum absolute atomic E-state index is 0.0217. The summed E-state index contributed by atoms with van der Waals surface area (Å²) in [7, 11) is 0. The fraction of sp³-hybridized carbons (Fsp3) is 0.486. The van der Waals surface area contributed by atoms with Gasteiger partial charge in [0.1, 0.15) is 0 Å². The van der Waals surface area contributed by atoms with Crippen LogP contribution in [0.3, 0.4) is 0 Å². The molecule has 8 aliphatic rings. The van der Waals surface area contributed by atoms with Crippen molar-refractivity contribution < 1.29 is 0 Å². The van der Waals surface area contributed by atoms with E-state index in [9.17, 15) is 0 Å². The van der Waals surface area contributed by atoms with Crippen molar-refractivity contribution in [3.05, 3.63) is 147 Å². The summed E-state index contributed by atoms with van der Waals surface area (Å²) in [5, 5.41) is 1.45. The first-order valence-electron chi connectivity index (χ1n) is 30.4. The van der Waals surface area contributed by atoms with Crippen molar-refractivity contribution in [1.82, 2.24) is 0 Å². The maximum Gasteiger partial charge on any atom is 0.264 e. The highest BCUT2D eigenvalue weighted by Crippen LogP contribution is 2.61. The smallest absolute Gasteiger partial charge is 0.264 e. The van der Waals surface area contributed by atoms with Crippen LogP contribution in [0.1, 0.15) is 232 Å². The summed E-state index contributed by atoms with van der Waals surface area (Å²) in [6.45, 7) is 42.8. The van der Waals surface area contributed by atoms with Gasteiger partial charge >= 0.3 is 0 Å². The first-order chi connectivity index (χ1) is 36.4. The summed E-state index contributed by atoms with van der Waals surface area (Å²) in [4.78, 5) is 5.67. The zero-order chi connectivity index (χ0) is 55.0. The molecule has 7 aromatic rings. The summed E-state index contributed by atoms with van der Waals surface area (Å²) < 4.78 is 2.97. The van der Waals surface area contributed by atoms with Gasteiger partial charge in [-0.2, -0.15) is 0 Å². The molecule has 78 heavy (non-hydrogen) atoms. The van der Waals surface area contributed by atoms with Crippen molar-refractivity contribution in [3.8, 4) is 11.1 Å². The molecule has 2 aliphatic heterocycles. The van der Waals surface area contributed by atoms with Gasteiger partial charge in [-0.3, -0.25) is 0 Å². The van der Waals surface area contributed by atoms with Gasteiger partial charge in [-0.25, -0.2) is 0 Å². The van der Waals surface area contributed by atoms with Crippen LogP contribution >= 0.6 is 11.3 Å². The fourth-order valence-corrected chi connectivity index (χ4v) is 18.3. The molecule has 6 aliphatic carbocycles. The van der Waals surface area contributed by atoms with Gasteiger partial charge in [0.2, 0.25) is 0 Å². The Labute approximate surface area is 473 Å². The maximum absolute atomic E-state index is 2.84. The largest absolute Gasteiger partial charge is 0.311 e. The lowest BCUT2D eigenvalue weighted by Gasteiger charge is -2.52. The van der Waals surface area contributed by atoms with Crippen LogP contribution in [0.25, 0.3) is 21.2 Å². The van der Waals surface area contributed by atoms with Gasteiger partial charge in [0.15, 0.2) is 0 Å². The van der Waals surface area contributed by atoms with E-state index in [1.165, 1.54) is 162 Å². The fourth-order valence-electron chi connectivity index (χ4n) is 17.0. The average Bonchev–Trinajstić information content (AvgIpc) is 2.65. The van der Waals surface area contributed by atoms with Crippen LogP contribution in [0.2, 0.25) is 0 Å². The molecule has 402 valence electrons. The molecule has 0 unspecified atom stereocenters. The van der Waals surface area contributed by atoms with E-state index >= 15 is 0 Å². The lowest BCUT2D eigenvalue weighted by molar-refractivity contribution is 0.188. The lowest BCUT2D eigenvalue weighted by atomic mass is 9.35. The van der Waals surface area contributed by atoms with Crippen LogP contribution in [0.4, 0.5) is 34.1 Å². The molecule has 2 bridgehead atoms. The minimum Gasteiger partial charge on any atom is -0.311 e. The molecule has 0 N–H and O–H groups in total. The van der Waals surface area contributed by atoms with E-state index in [0.29, 0.717) is 0 Å². The Morgan fingerprint density at radius 3 is 1.55 bits per heavy atom. The number of anilines is 6. The van der Waals surface area contributed by atoms with E-state index in [1.54, 1.807) is 16.7 Å². The molecule has 1 saturated carbocycles. The second kappa shape index (κ2) is 15.9. The highest BCUT2D eigenvalue weighted by atomic mass is 32.1. The average molecular weight is 1050 g/mol. The monoisotopic (exact) mass is 1050 g/mol. The van der Waals surface area contributed by atoms with Crippen LogP contribution in [-0.4, -0.2) is 6.71 Å².